The summed E-state index contributed by atoms with van der Waals surface area (Å²) in [7, 11) is 0. The molecule has 0 unspecified atom stereocenters. The van der Waals surface area contributed by atoms with Crippen molar-refractivity contribution in [2.75, 3.05) is 45.8 Å². The molecule has 5 nitrogen and oxygen atoms in total. The highest BCUT2D eigenvalue weighted by molar-refractivity contribution is 5.78. The lowest BCUT2D eigenvalue weighted by Gasteiger charge is -2.35. The average molecular weight is 357 g/mol. The molecule has 0 bridgehead atoms. The Kier molecular flexibility index (Phi) is 5.88. The predicted molar refractivity (Wildman–Crippen MR) is 104 cm³/mol. The Balaban J connectivity index is 1.13. The zero-order valence-corrected chi connectivity index (χ0v) is 15.8. The molecule has 1 amide bonds. The minimum absolute atomic E-state index is 0.214. The maximum absolute atomic E-state index is 12.4. The van der Waals surface area contributed by atoms with Crippen molar-refractivity contribution in [2.45, 2.75) is 44.3 Å². The first-order valence-corrected chi connectivity index (χ1v) is 10.3. The zero-order chi connectivity index (χ0) is 17.8. The Labute approximate surface area is 157 Å². The highest BCUT2D eigenvalue weighted by atomic mass is 16.2. The second kappa shape index (κ2) is 8.51. The molecule has 2 heterocycles. The van der Waals surface area contributed by atoms with Crippen molar-refractivity contribution in [1.82, 2.24) is 20.0 Å². The van der Waals surface area contributed by atoms with Crippen LogP contribution in [0.25, 0.3) is 0 Å². The van der Waals surface area contributed by atoms with E-state index in [-0.39, 0.29) is 5.91 Å². The molecule has 0 radical (unpaired) electrons. The fourth-order valence-corrected chi connectivity index (χ4v) is 4.27. The summed E-state index contributed by atoms with van der Waals surface area (Å²) < 4.78 is 0. The summed E-state index contributed by atoms with van der Waals surface area (Å²) in [4.78, 5) is 19.8. The largest absolute Gasteiger partial charge is 0.352 e. The van der Waals surface area contributed by atoms with E-state index in [9.17, 15) is 4.79 Å². The molecule has 2 aliphatic heterocycles. The number of likely N-dealkylation sites (tertiary alicyclic amines) is 1. The summed E-state index contributed by atoms with van der Waals surface area (Å²) in [6.45, 7) is 7.95. The molecule has 142 valence electrons. The molecule has 0 spiro atoms. The lowest BCUT2D eigenvalue weighted by atomic mass is 10.0. The molecule has 2 saturated heterocycles. The van der Waals surface area contributed by atoms with E-state index >= 15 is 0 Å². The molecule has 26 heavy (non-hydrogen) atoms. The summed E-state index contributed by atoms with van der Waals surface area (Å²) in [5.74, 6) is 0.214. The Hall–Kier alpha value is -1.43. The number of carbonyl (C=O) groups excluding carboxylic acids is 1. The highest BCUT2D eigenvalue weighted by Crippen LogP contribution is 2.29. The molecule has 5 heteroatoms. The number of piperidine rings is 1. The quantitative estimate of drug-likeness (QED) is 0.839. The van der Waals surface area contributed by atoms with E-state index < -0.39 is 0 Å². The van der Waals surface area contributed by atoms with E-state index in [4.69, 9.17) is 0 Å². The van der Waals surface area contributed by atoms with Crippen LogP contribution in [0.5, 0.6) is 0 Å². The van der Waals surface area contributed by atoms with Gasteiger partial charge in [-0.1, -0.05) is 30.3 Å². The summed E-state index contributed by atoms with van der Waals surface area (Å²) in [5, 5.41) is 3.28. The van der Waals surface area contributed by atoms with Crippen LogP contribution < -0.4 is 5.32 Å². The van der Waals surface area contributed by atoms with E-state index in [0.717, 1.165) is 64.7 Å². The molecular formula is C21H32N4O. The molecule has 1 saturated carbocycles. The van der Waals surface area contributed by atoms with E-state index in [1.807, 2.05) is 0 Å². The highest BCUT2D eigenvalue weighted by Gasteiger charge is 2.32. The maximum atomic E-state index is 12.4. The number of piperazine rings is 1. The van der Waals surface area contributed by atoms with Crippen molar-refractivity contribution >= 4 is 5.91 Å². The van der Waals surface area contributed by atoms with Gasteiger partial charge in [-0.25, -0.2) is 0 Å². The molecule has 4 rings (SSSR count). The van der Waals surface area contributed by atoms with Gasteiger partial charge in [-0.15, -0.1) is 0 Å². The van der Waals surface area contributed by atoms with Gasteiger partial charge in [0.2, 0.25) is 5.91 Å². The minimum Gasteiger partial charge on any atom is -0.352 e. The molecule has 0 atom stereocenters. The van der Waals surface area contributed by atoms with E-state index in [0.29, 0.717) is 12.6 Å². The van der Waals surface area contributed by atoms with Crippen LogP contribution in [0.4, 0.5) is 0 Å². The van der Waals surface area contributed by atoms with Crippen molar-refractivity contribution in [1.29, 1.82) is 0 Å². The molecular weight excluding hydrogens is 324 g/mol. The fraction of sp³-hybridized carbons (Fsp3) is 0.667. The number of carbonyl (C=O) groups is 1. The summed E-state index contributed by atoms with van der Waals surface area (Å²) >= 11 is 0. The monoisotopic (exact) mass is 356 g/mol. The lowest BCUT2D eigenvalue weighted by molar-refractivity contribution is -0.123. The van der Waals surface area contributed by atoms with Crippen LogP contribution in [-0.4, -0.2) is 78.5 Å². The first kappa shape index (κ1) is 18.0. The van der Waals surface area contributed by atoms with Crippen LogP contribution in [0, 0.1) is 0 Å². The van der Waals surface area contributed by atoms with Gasteiger partial charge in [0.05, 0.1) is 6.54 Å². The number of nitrogens with zero attached hydrogens (tertiary/aromatic N) is 3. The number of benzene rings is 1. The van der Waals surface area contributed by atoms with Gasteiger partial charge in [0.15, 0.2) is 0 Å². The Bertz CT molecular complexity index is 573. The smallest absolute Gasteiger partial charge is 0.234 e. The molecule has 1 aliphatic carbocycles. The number of nitrogens with one attached hydrogen (secondary N) is 1. The van der Waals surface area contributed by atoms with Crippen molar-refractivity contribution < 1.29 is 4.79 Å². The first-order chi connectivity index (χ1) is 12.8. The average Bonchev–Trinajstić information content (AvgIpc) is 3.50. The van der Waals surface area contributed by atoms with Gasteiger partial charge in [0.25, 0.3) is 0 Å². The predicted octanol–water partition coefficient (Wildman–Crippen LogP) is 1.55. The third kappa shape index (κ3) is 5.06. The second-order valence-corrected chi connectivity index (χ2v) is 8.15. The SMILES string of the molecule is O=C(CN1CCN(Cc2ccccc2)CC1)NC1CCN(C2CC2)CC1. The first-order valence-electron chi connectivity index (χ1n) is 10.3. The van der Waals surface area contributed by atoms with Crippen molar-refractivity contribution in [2.24, 2.45) is 0 Å². The van der Waals surface area contributed by atoms with Gasteiger partial charge in [-0.2, -0.15) is 0 Å². The van der Waals surface area contributed by atoms with Gasteiger partial charge < -0.3 is 10.2 Å². The minimum atomic E-state index is 0.214. The third-order valence-electron chi connectivity index (χ3n) is 6.04. The zero-order valence-electron chi connectivity index (χ0n) is 15.8. The normalized spacial score (nSPS) is 23.8. The van der Waals surface area contributed by atoms with E-state index in [2.05, 4.69) is 50.3 Å². The number of rotatable bonds is 6. The molecule has 1 aromatic rings. The van der Waals surface area contributed by atoms with Crippen LogP contribution in [0.2, 0.25) is 0 Å². The fourth-order valence-electron chi connectivity index (χ4n) is 4.27. The topological polar surface area (TPSA) is 38.8 Å². The summed E-state index contributed by atoms with van der Waals surface area (Å²) in [6, 6.07) is 11.9. The van der Waals surface area contributed by atoms with Crippen LogP contribution in [0.15, 0.2) is 30.3 Å². The molecule has 3 aliphatic rings. The number of amides is 1. The molecule has 3 fully saturated rings. The van der Waals surface area contributed by atoms with Crippen molar-refractivity contribution in [3.05, 3.63) is 35.9 Å². The van der Waals surface area contributed by atoms with Crippen LogP contribution in [-0.2, 0) is 11.3 Å². The third-order valence-corrected chi connectivity index (χ3v) is 6.04. The van der Waals surface area contributed by atoms with Gasteiger partial charge in [-0.05, 0) is 31.2 Å². The Morgan fingerprint density at radius 3 is 2.19 bits per heavy atom. The van der Waals surface area contributed by atoms with Gasteiger partial charge in [0, 0.05) is 57.9 Å². The Morgan fingerprint density at radius 2 is 1.54 bits per heavy atom. The molecule has 0 aromatic heterocycles. The van der Waals surface area contributed by atoms with Gasteiger partial charge in [0.1, 0.15) is 0 Å². The molecule has 1 N–H and O–H groups in total. The van der Waals surface area contributed by atoms with Crippen molar-refractivity contribution in [3.63, 3.8) is 0 Å². The Morgan fingerprint density at radius 1 is 0.885 bits per heavy atom. The molecule has 1 aromatic carbocycles. The lowest BCUT2D eigenvalue weighted by Crippen LogP contribution is -2.51. The van der Waals surface area contributed by atoms with Gasteiger partial charge in [-0.3, -0.25) is 14.6 Å². The van der Waals surface area contributed by atoms with Crippen LogP contribution in [0.3, 0.4) is 0 Å². The van der Waals surface area contributed by atoms with Crippen LogP contribution in [0.1, 0.15) is 31.2 Å². The summed E-state index contributed by atoms with van der Waals surface area (Å²) in [6.07, 6.45) is 5.00. The standard InChI is InChI=1S/C21H32N4O/c26-21(22-19-8-10-25(11-9-19)20-6-7-20)17-24-14-12-23(13-15-24)16-18-4-2-1-3-5-18/h1-5,19-20H,6-17H2,(H,22,26). The second-order valence-electron chi connectivity index (χ2n) is 8.15. The van der Waals surface area contributed by atoms with Crippen molar-refractivity contribution in [3.8, 4) is 0 Å². The van der Waals surface area contributed by atoms with Crippen LogP contribution >= 0.6 is 0 Å². The van der Waals surface area contributed by atoms with Gasteiger partial charge >= 0.3 is 0 Å². The van der Waals surface area contributed by atoms with E-state index in [1.54, 1.807) is 0 Å². The summed E-state index contributed by atoms with van der Waals surface area (Å²) in [5.41, 5.74) is 1.37. The van der Waals surface area contributed by atoms with E-state index in [1.165, 1.54) is 18.4 Å². The number of hydrogen-bond donors (Lipinski definition) is 1. The number of hydrogen-bond acceptors (Lipinski definition) is 4. The maximum Gasteiger partial charge on any atom is 0.234 e.